The molecule has 6 rings (SSSR count). The van der Waals surface area contributed by atoms with E-state index < -0.39 is 0 Å². The first-order valence-corrected chi connectivity index (χ1v) is 17.0. The molecule has 0 radical (unpaired) electrons. The minimum Gasteiger partial charge on any atom is -0.496 e. The predicted octanol–water partition coefficient (Wildman–Crippen LogP) is 9.79. The Morgan fingerprint density at radius 3 is 2.19 bits per heavy atom. The van der Waals surface area contributed by atoms with Crippen molar-refractivity contribution in [2.24, 2.45) is 5.16 Å². The molecule has 0 amide bonds. The van der Waals surface area contributed by atoms with Crippen molar-refractivity contribution in [3.8, 4) is 33.6 Å². The fourth-order valence-electron chi connectivity index (χ4n) is 5.80. The van der Waals surface area contributed by atoms with Gasteiger partial charge < -0.3 is 23.8 Å². The lowest BCUT2D eigenvalue weighted by atomic mass is 9.97. The molecule has 1 aliphatic rings. The van der Waals surface area contributed by atoms with E-state index in [1.165, 1.54) is 10.3 Å². The highest BCUT2D eigenvalue weighted by Gasteiger charge is 2.26. The Morgan fingerprint density at radius 1 is 0.723 bits per heavy atom. The highest BCUT2D eigenvalue weighted by Crippen LogP contribution is 2.37. The van der Waals surface area contributed by atoms with Crippen molar-refractivity contribution >= 4 is 27.3 Å². The summed E-state index contributed by atoms with van der Waals surface area (Å²) < 4.78 is 24.7. The number of oxime groups is 1. The second-order valence-electron chi connectivity index (χ2n) is 11.9. The van der Waals surface area contributed by atoms with E-state index in [1.54, 1.807) is 25.6 Å². The van der Waals surface area contributed by atoms with Gasteiger partial charge in [-0.1, -0.05) is 23.4 Å². The van der Waals surface area contributed by atoms with Gasteiger partial charge in [0, 0.05) is 17.5 Å². The third-order valence-corrected chi connectivity index (χ3v) is 9.76. The molecule has 1 atom stereocenters. The van der Waals surface area contributed by atoms with Crippen LogP contribution in [0.4, 0.5) is 0 Å². The predicted molar refractivity (Wildman–Crippen MR) is 190 cm³/mol. The lowest BCUT2D eigenvalue weighted by Gasteiger charge is -2.15. The van der Waals surface area contributed by atoms with Crippen LogP contribution in [-0.2, 0) is 4.84 Å². The summed E-state index contributed by atoms with van der Waals surface area (Å²) in [6, 6.07) is 24.7. The molecule has 7 nitrogen and oxygen atoms in total. The van der Waals surface area contributed by atoms with E-state index in [0.717, 1.165) is 87.0 Å². The van der Waals surface area contributed by atoms with E-state index in [4.69, 9.17) is 28.8 Å². The highest BCUT2D eigenvalue weighted by atomic mass is 32.1. The van der Waals surface area contributed by atoms with Gasteiger partial charge in [0.25, 0.3) is 0 Å². The average Bonchev–Trinajstić information content (AvgIpc) is 3.76. The molecule has 8 heteroatoms. The fraction of sp³-hybridized carbons (Fsp3) is 0.333. The van der Waals surface area contributed by atoms with Gasteiger partial charge in [-0.25, -0.2) is 4.98 Å². The maximum atomic E-state index is 6.19. The zero-order valence-corrected chi connectivity index (χ0v) is 28.6. The van der Waals surface area contributed by atoms with Crippen LogP contribution < -0.4 is 18.9 Å². The van der Waals surface area contributed by atoms with Crippen molar-refractivity contribution in [1.82, 2.24) is 4.98 Å². The molecule has 0 saturated carbocycles. The van der Waals surface area contributed by atoms with Crippen LogP contribution in [0.15, 0.2) is 78.0 Å². The van der Waals surface area contributed by atoms with Gasteiger partial charge in [0.1, 0.15) is 16.5 Å². The van der Waals surface area contributed by atoms with Gasteiger partial charge in [-0.3, -0.25) is 0 Å². The van der Waals surface area contributed by atoms with Crippen molar-refractivity contribution < 1.29 is 23.8 Å². The largest absolute Gasteiger partial charge is 0.496 e. The summed E-state index contributed by atoms with van der Waals surface area (Å²) in [6.07, 6.45) is 4.56. The molecule has 1 aromatic heterocycles. The van der Waals surface area contributed by atoms with E-state index >= 15 is 0 Å². The number of methoxy groups -OCH3 is 2. The molecule has 2 heterocycles. The molecular formula is C39H42N2O5S. The SMILES string of the molecule is COc1ccc(C2CC(c3cc(C)c(C)c(OC)c3)=NO2)cc1OCCCCCCOc1ccc(-c2nc3ccccc3s2)cc1C. The standard InChI is InChI=1S/C39H42N2O5S/c1-25-20-30(23-35(43-5)27(25)3)32-24-36(46-41-32)28-14-17-34(42-4)37(22-28)45-19-11-7-6-10-18-44-33-16-15-29(21-26(33)2)39-40-31-12-8-9-13-38(31)47-39/h8-9,12-17,20-23,36H,6-7,10-11,18-19,24H2,1-5H3. The van der Waals surface area contributed by atoms with E-state index in [1.807, 2.05) is 30.3 Å². The normalized spacial score (nSPS) is 14.1. The van der Waals surface area contributed by atoms with E-state index in [9.17, 15) is 0 Å². The second kappa shape index (κ2) is 14.9. The number of unbranched alkanes of at least 4 members (excludes halogenated alkanes) is 3. The molecule has 244 valence electrons. The molecule has 0 saturated heterocycles. The van der Waals surface area contributed by atoms with Gasteiger partial charge >= 0.3 is 0 Å². The summed E-state index contributed by atoms with van der Waals surface area (Å²) in [5.41, 5.74) is 8.55. The van der Waals surface area contributed by atoms with Crippen molar-refractivity contribution in [3.05, 3.63) is 101 Å². The quantitative estimate of drug-likeness (QED) is 0.111. The van der Waals surface area contributed by atoms with Gasteiger partial charge in [-0.05, 0) is 123 Å². The molecule has 1 aliphatic heterocycles. The van der Waals surface area contributed by atoms with Crippen LogP contribution in [0, 0.1) is 20.8 Å². The molecule has 0 N–H and O–H groups in total. The number of hydrogen-bond donors (Lipinski definition) is 0. The number of ether oxygens (including phenoxy) is 4. The van der Waals surface area contributed by atoms with Crippen molar-refractivity contribution in [3.63, 3.8) is 0 Å². The van der Waals surface area contributed by atoms with Gasteiger partial charge in [0.2, 0.25) is 0 Å². The number of thiazole rings is 1. The number of para-hydroxylation sites is 1. The lowest BCUT2D eigenvalue weighted by Crippen LogP contribution is -2.05. The molecule has 0 bridgehead atoms. The number of hydrogen-bond acceptors (Lipinski definition) is 8. The summed E-state index contributed by atoms with van der Waals surface area (Å²) in [5, 5.41) is 5.46. The average molecular weight is 651 g/mol. The van der Waals surface area contributed by atoms with E-state index in [-0.39, 0.29) is 6.10 Å². The molecule has 47 heavy (non-hydrogen) atoms. The zero-order chi connectivity index (χ0) is 32.8. The number of aromatic nitrogens is 1. The van der Waals surface area contributed by atoms with Gasteiger partial charge in [-0.2, -0.15) is 0 Å². The molecular weight excluding hydrogens is 609 g/mol. The zero-order valence-electron chi connectivity index (χ0n) is 27.8. The number of rotatable bonds is 14. The summed E-state index contributed by atoms with van der Waals surface area (Å²) in [6.45, 7) is 7.55. The maximum Gasteiger partial charge on any atom is 0.161 e. The van der Waals surface area contributed by atoms with Gasteiger partial charge in [-0.15, -0.1) is 11.3 Å². The van der Waals surface area contributed by atoms with Crippen LogP contribution in [0.25, 0.3) is 20.8 Å². The van der Waals surface area contributed by atoms with Gasteiger partial charge in [0.15, 0.2) is 17.6 Å². The van der Waals surface area contributed by atoms with E-state index in [2.05, 4.69) is 68.4 Å². The van der Waals surface area contributed by atoms with Crippen LogP contribution in [0.1, 0.15) is 66.0 Å². The molecule has 4 aromatic carbocycles. The second-order valence-corrected chi connectivity index (χ2v) is 13.0. The van der Waals surface area contributed by atoms with Gasteiger partial charge in [0.05, 0.1) is 43.4 Å². The van der Waals surface area contributed by atoms with Crippen molar-refractivity contribution in [2.45, 2.75) is 59.0 Å². The monoisotopic (exact) mass is 650 g/mol. The topological polar surface area (TPSA) is 71.4 Å². The number of nitrogens with zero attached hydrogens (tertiary/aromatic N) is 2. The highest BCUT2D eigenvalue weighted by molar-refractivity contribution is 7.21. The Bertz CT molecular complexity index is 1850. The lowest BCUT2D eigenvalue weighted by molar-refractivity contribution is 0.0854. The van der Waals surface area contributed by atoms with Crippen molar-refractivity contribution in [1.29, 1.82) is 0 Å². The number of benzene rings is 4. The molecule has 0 aliphatic carbocycles. The van der Waals surface area contributed by atoms with Crippen molar-refractivity contribution in [2.75, 3.05) is 27.4 Å². The molecule has 1 unspecified atom stereocenters. The number of aryl methyl sites for hydroxylation is 2. The molecule has 0 spiro atoms. The maximum absolute atomic E-state index is 6.19. The summed E-state index contributed by atoms with van der Waals surface area (Å²) in [4.78, 5) is 10.7. The van der Waals surface area contributed by atoms with Crippen LogP contribution in [0.5, 0.6) is 23.0 Å². The first-order chi connectivity index (χ1) is 22.9. The first-order valence-electron chi connectivity index (χ1n) is 16.2. The minimum atomic E-state index is -0.182. The fourth-order valence-corrected chi connectivity index (χ4v) is 6.76. The van der Waals surface area contributed by atoms with Crippen LogP contribution in [0.2, 0.25) is 0 Å². The molecule has 0 fully saturated rings. The minimum absolute atomic E-state index is 0.182. The number of fused-ring (bicyclic) bond motifs is 1. The Kier molecular flexibility index (Phi) is 10.3. The Morgan fingerprint density at radius 2 is 1.45 bits per heavy atom. The Balaban J connectivity index is 0.938. The first kappa shape index (κ1) is 32.4. The van der Waals surface area contributed by atoms with Crippen LogP contribution >= 0.6 is 11.3 Å². The Hall–Kier alpha value is -4.56. The third kappa shape index (κ3) is 7.54. The Labute approximate surface area is 281 Å². The third-order valence-electron chi connectivity index (χ3n) is 8.67. The van der Waals surface area contributed by atoms with Crippen LogP contribution in [-0.4, -0.2) is 38.1 Å². The smallest absolute Gasteiger partial charge is 0.161 e. The summed E-state index contributed by atoms with van der Waals surface area (Å²) in [7, 11) is 3.36. The summed E-state index contributed by atoms with van der Waals surface area (Å²) in [5.74, 6) is 3.23. The summed E-state index contributed by atoms with van der Waals surface area (Å²) >= 11 is 1.72. The van der Waals surface area contributed by atoms with E-state index in [0.29, 0.717) is 25.4 Å². The molecule has 5 aromatic rings. The van der Waals surface area contributed by atoms with Crippen LogP contribution in [0.3, 0.4) is 0 Å².